The van der Waals surface area contributed by atoms with E-state index in [-0.39, 0.29) is 0 Å². The highest BCUT2D eigenvalue weighted by atomic mass is 32.1. The molecular weight excluding hydrogens is 180 g/mol. The SMILES string of the molecule is SCC=CCOCC1CCCCC1. The maximum absolute atomic E-state index is 5.55. The van der Waals surface area contributed by atoms with E-state index >= 15 is 0 Å². The molecule has 1 aliphatic carbocycles. The Balaban J connectivity index is 1.95. The maximum Gasteiger partial charge on any atom is 0.0647 e. The Labute approximate surface area is 87.0 Å². The van der Waals surface area contributed by atoms with E-state index in [0.29, 0.717) is 0 Å². The molecule has 0 amide bonds. The molecule has 0 aromatic heterocycles. The van der Waals surface area contributed by atoms with Crippen LogP contribution in [0.15, 0.2) is 12.2 Å². The first-order chi connectivity index (χ1) is 6.43. The maximum atomic E-state index is 5.55. The van der Waals surface area contributed by atoms with Gasteiger partial charge in [-0.1, -0.05) is 31.4 Å². The van der Waals surface area contributed by atoms with Gasteiger partial charge >= 0.3 is 0 Å². The summed E-state index contributed by atoms with van der Waals surface area (Å²) in [5.41, 5.74) is 0. The molecule has 0 bridgehead atoms. The highest BCUT2D eigenvalue weighted by Crippen LogP contribution is 2.23. The number of ether oxygens (including phenoxy) is 1. The Bertz CT molecular complexity index is 139. The molecule has 1 rings (SSSR count). The van der Waals surface area contributed by atoms with Crippen molar-refractivity contribution in [3.63, 3.8) is 0 Å². The van der Waals surface area contributed by atoms with Crippen molar-refractivity contribution >= 4 is 12.6 Å². The van der Waals surface area contributed by atoms with Gasteiger partial charge in [0, 0.05) is 12.4 Å². The van der Waals surface area contributed by atoms with Gasteiger partial charge in [0.2, 0.25) is 0 Å². The normalized spacial score (nSPS) is 19.8. The van der Waals surface area contributed by atoms with E-state index in [9.17, 15) is 0 Å². The van der Waals surface area contributed by atoms with Gasteiger partial charge in [0.1, 0.15) is 0 Å². The van der Waals surface area contributed by atoms with Crippen molar-refractivity contribution in [3.05, 3.63) is 12.2 Å². The second kappa shape index (κ2) is 7.45. The molecule has 0 saturated heterocycles. The molecule has 2 heteroatoms. The Morgan fingerprint density at radius 2 is 1.92 bits per heavy atom. The van der Waals surface area contributed by atoms with E-state index in [4.69, 9.17) is 4.74 Å². The van der Waals surface area contributed by atoms with Crippen LogP contribution in [0.25, 0.3) is 0 Å². The minimum atomic E-state index is 0.761. The van der Waals surface area contributed by atoms with Crippen LogP contribution in [0.2, 0.25) is 0 Å². The summed E-state index contributed by atoms with van der Waals surface area (Å²) in [6.45, 7) is 1.72. The molecule has 0 aromatic rings. The molecule has 1 fully saturated rings. The minimum absolute atomic E-state index is 0.761. The quantitative estimate of drug-likeness (QED) is 0.408. The van der Waals surface area contributed by atoms with Crippen molar-refractivity contribution in [3.8, 4) is 0 Å². The van der Waals surface area contributed by atoms with Gasteiger partial charge in [0.05, 0.1) is 6.61 Å². The van der Waals surface area contributed by atoms with Crippen LogP contribution in [0.4, 0.5) is 0 Å². The largest absolute Gasteiger partial charge is 0.377 e. The zero-order chi connectivity index (χ0) is 9.36. The highest BCUT2D eigenvalue weighted by molar-refractivity contribution is 7.80. The fourth-order valence-corrected chi connectivity index (χ4v) is 1.95. The van der Waals surface area contributed by atoms with Gasteiger partial charge < -0.3 is 4.74 Å². The lowest BCUT2D eigenvalue weighted by Crippen LogP contribution is -2.13. The molecule has 0 aliphatic heterocycles. The van der Waals surface area contributed by atoms with E-state index in [1.54, 1.807) is 0 Å². The first-order valence-electron chi connectivity index (χ1n) is 5.27. The number of rotatable bonds is 5. The minimum Gasteiger partial charge on any atom is -0.377 e. The van der Waals surface area contributed by atoms with Crippen LogP contribution >= 0.6 is 12.6 Å². The van der Waals surface area contributed by atoms with Gasteiger partial charge in [-0.05, 0) is 18.8 Å². The molecule has 0 aromatic carbocycles. The lowest BCUT2D eigenvalue weighted by Gasteiger charge is -2.20. The number of thiol groups is 1. The predicted molar refractivity (Wildman–Crippen MR) is 60.4 cm³/mol. The summed E-state index contributed by atoms with van der Waals surface area (Å²) in [7, 11) is 0. The number of hydrogen-bond donors (Lipinski definition) is 1. The molecule has 1 nitrogen and oxygen atoms in total. The Kier molecular flexibility index (Phi) is 6.38. The van der Waals surface area contributed by atoms with Crippen molar-refractivity contribution in [1.82, 2.24) is 0 Å². The van der Waals surface area contributed by atoms with Gasteiger partial charge in [0.15, 0.2) is 0 Å². The predicted octanol–water partition coefficient (Wildman–Crippen LogP) is 3.07. The van der Waals surface area contributed by atoms with Gasteiger partial charge in [-0.15, -0.1) is 0 Å². The summed E-state index contributed by atoms with van der Waals surface area (Å²) < 4.78 is 5.55. The smallest absolute Gasteiger partial charge is 0.0647 e. The first kappa shape index (κ1) is 11.1. The lowest BCUT2D eigenvalue weighted by molar-refractivity contribution is 0.106. The summed E-state index contributed by atoms with van der Waals surface area (Å²) >= 11 is 4.08. The van der Waals surface area contributed by atoms with Crippen LogP contribution in [0.1, 0.15) is 32.1 Å². The molecule has 76 valence electrons. The molecule has 0 spiro atoms. The molecule has 0 radical (unpaired) electrons. The standard InChI is InChI=1S/C11H20OS/c13-9-5-4-8-12-10-11-6-2-1-3-7-11/h4-5,11,13H,1-3,6-10H2. The van der Waals surface area contributed by atoms with Crippen molar-refractivity contribution in [2.45, 2.75) is 32.1 Å². The third-order valence-corrected chi connectivity index (χ3v) is 2.78. The lowest BCUT2D eigenvalue weighted by atomic mass is 9.90. The average molecular weight is 200 g/mol. The zero-order valence-corrected chi connectivity index (χ0v) is 9.14. The van der Waals surface area contributed by atoms with Gasteiger partial charge in [-0.25, -0.2) is 0 Å². The molecule has 0 unspecified atom stereocenters. The molecule has 1 saturated carbocycles. The van der Waals surface area contributed by atoms with Crippen molar-refractivity contribution < 1.29 is 4.74 Å². The van der Waals surface area contributed by atoms with Gasteiger partial charge in [-0.3, -0.25) is 0 Å². The van der Waals surface area contributed by atoms with Crippen LogP contribution in [0, 0.1) is 5.92 Å². The van der Waals surface area contributed by atoms with E-state index in [2.05, 4.69) is 18.7 Å². The Hall–Kier alpha value is 0.0500. The molecular formula is C11H20OS. The van der Waals surface area contributed by atoms with E-state index < -0.39 is 0 Å². The van der Waals surface area contributed by atoms with E-state index in [0.717, 1.165) is 24.9 Å². The number of hydrogen-bond acceptors (Lipinski definition) is 2. The second-order valence-electron chi connectivity index (χ2n) is 3.70. The first-order valence-corrected chi connectivity index (χ1v) is 5.90. The Morgan fingerprint density at radius 3 is 2.62 bits per heavy atom. The van der Waals surface area contributed by atoms with Crippen LogP contribution in [-0.4, -0.2) is 19.0 Å². The van der Waals surface area contributed by atoms with Crippen LogP contribution in [0.3, 0.4) is 0 Å². The summed E-state index contributed by atoms with van der Waals surface area (Å²) in [6.07, 6.45) is 11.1. The molecule has 0 heterocycles. The third-order valence-electron chi connectivity index (χ3n) is 2.56. The van der Waals surface area contributed by atoms with Crippen molar-refractivity contribution in [2.75, 3.05) is 19.0 Å². The molecule has 1 aliphatic rings. The summed E-state index contributed by atoms with van der Waals surface area (Å²) in [4.78, 5) is 0. The van der Waals surface area contributed by atoms with Crippen LogP contribution < -0.4 is 0 Å². The second-order valence-corrected chi connectivity index (χ2v) is 4.06. The summed E-state index contributed by atoms with van der Waals surface area (Å²) in [5.74, 6) is 1.64. The summed E-state index contributed by atoms with van der Waals surface area (Å²) in [5, 5.41) is 0. The van der Waals surface area contributed by atoms with Gasteiger partial charge in [0.25, 0.3) is 0 Å². The fourth-order valence-electron chi connectivity index (χ4n) is 1.80. The fraction of sp³-hybridized carbons (Fsp3) is 0.818. The monoisotopic (exact) mass is 200 g/mol. The molecule has 0 N–H and O–H groups in total. The van der Waals surface area contributed by atoms with Crippen molar-refractivity contribution in [1.29, 1.82) is 0 Å². The van der Waals surface area contributed by atoms with E-state index in [1.165, 1.54) is 32.1 Å². The van der Waals surface area contributed by atoms with Gasteiger partial charge in [-0.2, -0.15) is 12.6 Å². The third kappa shape index (κ3) is 5.37. The highest BCUT2D eigenvalue weighted by Gasteiger charge is 2.12. The Morgan fingerprint density at radius 1 is 1.15 bits per heavy atom. The molecule has 0 atom stereocenters. The molecule has 13 heavy (non-hydrogen) atoms. The van der Waals surface area contributed by atoms with Crippen molar-refractivity contribution in [2.24, 2.45) is 5.92 Å². The average Bonchev–Trinajstić information content (AvgIpc) is 2.19. The van der Waals surface area contributed by atoms with Crippen LogP contribution in [0.5, 0.6) is 0 Å². The van der Waals surface area contributed by atoms with E-state index in [1.807, 2.05) is 6.08 Å². The topological polar surface area (TPSA) is 9.23 Å². The van der Waals surface area contributed by atoms with Crippen LogP contribution in [-0.2, 0) is 4.74 Å². The zero-order valence-electron chi connectivity index (χ0n) is 8.24. The summed E-state index contributed by atoms with van der Waals surface area (Å²) in [6, 6.07) is 0.